The van der Waals surface area contributed by atoms with Gasteiger partial charge in [-0.2, -0.15) is 5.10 Å². The van der Waals surface area contributed by atoms with Crippen molar-refractivity contribution in [1.29, 1.82) is 0 Å². The average molecular weight is 486 g/mol. The molecule has 0 fully saturated rings. The molecule has 7 heteroatoms. The van der Waals surface area contributed by atoms with Gasteiger partial charge in [-0.25, -0.2) is 4.68 Å². The number of benzene rings is 2. The van der Waals surface area contributed by atoms with Crippen LogP contribution in [-0.4, -0.2) is 20.0 Å². The van der Waals surface area contributed by atoms with Crippen molar-refractivity contribution < 1.29 is 4.42 Å². The first-order valence-electron chi connectivity index (χ1n) is 9.76. The molecular formula is C23H22BrClN4O. The van der Waals surface area contributed by atoms with E-state index in [4.69, 9.17) is 21.1 Å². The lowest BCUT2D eigenvalue weighted by Gasteiger charge is -2.16. The van der Waals surface area contributed by atoms with Crippen molar-refractivity contribution in [2.45, 2.75) is 39.5 Å². The fraction of sp³-hybridized carbons (Fsp3) is 0.261. The molecule has 0 saturated heterocycles. The van der Waals surface area contributed by atoms with Crippen LogP contribution in [0.25, 0.3) is 28.5 Å². The molecule has 4 aromatic rings. The zero-order valence-corrected chi connectivity index (χ0v) is 19.6. The minimum Gasteiger partial charge on any atom is -0.419 e. The summed E-state index contributed by atoms with van der Waals surface area (Å²) < 4.78 is 8.92. The number of rotatable bonds is 5. The molecular weight excluding hydrogens is 464 g/mol. The summed E-state index contributed by atoms with van der Waals surface area (Å²) >= 11 is 10.0. The van der Waals surface area contributed by atoms with Gasteiger partial charge >= 0.3 is 0 Å². The summed E-state index contributed by atoms with van der Waals surface area (Å²) in [5.41, 5.74) is 4.14. The van der Waals surface area contributed by atoms with Gasteiger partial charge in [0.25, 0.3) is 5.89 Å². The van der Waals surface area contributed by atoms with E-state index in [0.29, 0.717) is 22.5 Å². The Kier molecular flexibility index (Phi) is 5.55. The van der Waals surface area contributed by atoms with Crippen molar-refractivity contribution in [3.8, 4) is 28.5 Å². The van der Waals surface area contributed by atoms with Gasteiger partial charge in [0, 0.05) is 21.0 Å². The van der Waals surface area contributed by atoms with Crippen LogP contribution in [0.1, 0.15) is 38.6 Å². The van der Waals surface area contributed by atoms with Gasteiger partial charge in [0.1, 0.15) is 0 Å². The van der Waals surface area contributed by atoms with Gasteiger partial charge in [-0.3, -0.25) is 0 Å². The van der Waals surface area contributed by atoms with E-state index in [1.165, 1.54) is 0 Å². The highest BCUT2D eigenvalue weighted by atomic mass is 79.9. The summed E-state index contributed by atoms with van der Waals surface area (Å²) in [6.45, 7) is 8.30. The molecule has 0 unspecified atom stereocenters. The van der Waals surface area contributed by atoms with E-state index in [0.717, 1.165) is 33.4 Å². The summed E-state index contributed by atoms with van der Waals surface area (Å²) in [6.07, 6.45) is 0.895. The van der Waals surface area contributed by atoms with Crippen LogP contribution >= 0.6 is 27.5 Å². The number of halogens is 2. The lowest BCUT2D eigenvalue weighted by molar-refractivity contribution is 0.364. The van der Waals surface area contributed by atoms with Gasteiger partial charge in [-0.05, 0) is 37.6 Å². The summed E-state index contributed by atoms with van der Waals surface area (Å²) in [7, 11) is 0. The van der Waals surface area contributed by atoms with Crippen molar-refractivity contribution in [2.75, 3.05) is 0 Å². The molecule has 154 valence electrons. The highest BCUT2D eigenvalue weighted by Gasteiger charge is 2.28. The first kappa shape index (κ1) is 20.8. The zero-order valence-electron chi connectivity index (χ0n) is 17.3. The second kappa shape index (κ2) is 8.00. The maximum absolute atomic E-state index is 6.51. The number of aromatic nitrogens is 4. The van der Waals surface area contributed by atoms with E-state index >= 15 is 0 Å². The molecule has 0 radical (unpaired) electrons. The molecule has 0 aliphatic rings. The van der Waals surface area contributed by atoms with Crippen LogP contribution in [0, 0.1) is 6.92 Å². The smallest absolute Gasteiger partial charge is 0.268 e. The molecule has 0 N–H and O–H groups in total. The van der Waals surface area contributed by atoms with E-state index in [1.54, 1.807) is 0 Å². The predicted molar refractivity (Wildman–Crippen MR) is 123 cm³/mol. The Morgan fingerprint density at radius 1 is 1.07 bits per heavy atom. The van der Waals surface area contributed by atoms with Crippen molar-refractivity contribution in [3.05, 3.63) is 69.5 Å². The van der Waals surface area contributed by atoms with Crippen LogP contribution in [0.4, 0.5) is 0 Å². The third-order valence-corrected chi connectivity index (χ3v) is 6.26. The Bertz CT molecular complexity index is 1190. The topological polar surface area (TPSA) is 56.7 Å². The fourth-order valence-corrected chi connectivity index (χ4v) is 3.67. The van der Waals surface area contributed by atoms with Gasteiger partial charge in [0.05, 0.1) is 16.4 Å². The molecule has 2 heterocycles. The maximum atomic E-state index is 6.51. The highest BCUT2D eigenvalue weighted by molar-refractivity contribution is 9.10. The van der Waals surface area contributed by atoms with Gasteiger partial charge in [-0.15, -0.1) is 10.2 Å². The van der Waals surface area contributed by atoms with Gasteiger partial charge in [-0.1, -0.05) is 72.6 Å². The molecule has 0 bridgehead atoms. The average Bonchev–Trinajstić information content (AvgIpc) is 3.35. The van der Waals surface area contributed by atoms with E-state index in [2.05, 4.69) is 46.9 Å². The molecule has 30 heavy (non-hydrogen) atoms. The van der Waals surface area contributed by atoms with Crippen LogP contribution in [-0.2, 0) is 5.41 Å². The first-order chi connectivity index (χ1) is 14.3. The Hall–Kier alpha value is -2.44. The molecule has 0 spiro atoms. The second-order valence-corrected chi connectivity index (χ2v) is 9.17. The zero-order chi connectivity index (χ0) is 21.5. The van der Waals surface area contributed by atoms with Crippen LogP contribution < -0.4 is 0 Å². The molecule has 5 nitrogen and oxygen atoms in total. The molecule has 2 aromatic heterocycles. The Morgan fingerprint density at radius 2 is 1.77 bits per heavy atom. The number of para-hydroxylation sites is 1. The van der Waals surface area contributed by atoms with Crippen LogP contribution in [0.2, 0.25) is 5.02 Å². The van der Waals surface area contributed by atoms with Crippen LogP contribution in [0.3, 0.4) is 0 Å². The summed E-state index contributed by atoms with van der Waals surface area (Å²) in [6, 6.07) is 15.8. The lowest BCUT2D eigenvalue weighted by atomic mass is 9.90. The first-order valence-corrected chi connectivity index (χ1v) is 10.9. The SMILES string of the molecule is CCC(C)(C)c1nnc(-c2nn(-c3ccccc3Cl)c(-c3ccc(Br)cc3)c2C)o1. The lowest BCUT2D eigenvalue weighted by Crippen LogP contribution is -2.15. The minimum atomic E-state index is -0.195. The van der Waals surface area contributed by atoms with E-state index < -0.39 is 0 Å². The molecule has 0 saturated carbocycles. The second-order valence-electron chi connectivity index (χ2n) is 7.84. The fourth-order valence-electron chi connectivity index (χ4n) is 3.19. The number of nitrogens with zero attached hydrogens (tertiary/aromatic N) is 4. The van der Waals surface area contributed by atoms with Gasteiger partial charge < -0.3 is 4.42 Å². The Labute approximate surface area is 189 Å². The summed E-state index contributed by atoms with van der Waals surface area (Å²) in [4.78, 5) is 0. The number of hydrogen-bond donors (Lipinski definition) is 0. The summed E-state index contributed by atoms with van der Waals surface area (Å²) in [5, 5.41) is 14.1. The molecule has 0 aliphatic heterocycles. The molecule has 0 atom stereocenters. The Morgan fingerprint density at radius 3 is 2.43 bits per heavy atom. The highest BCUT2D eigenvalue weighted by Crippen LogP contribution is 2.36. The minimum absolute atomic E-state index is 0.195. The largest absolute Gasteiger partial charge is 0.419 e. The van der Waals surface area contributed by atoms with Crippen molar-refractivity contribution in [1.82, 2.24) is 20.0 Å². The molecule has 4 rings (SSSR count). The van der Waals surface area contributed by atoms with Crippen molar-refractivity contribution >= 4 is 27.5 Å². The Balaban J connectivity index is 1.93. The maximum Gasteiger partial charge on any atom is 0.268 e. The number of hydrogen-bond acceptors (Lipinski definition) is 4. The van der Waals surface area contributed by atoms with E-state index in [1.807, 2.05) is 60.1 Å². The van der Waals surface area contributed by atoms with Gasteiger partial charge in [0.15, 0.2) is 5.69 Å². The standard InChI is InChI=1S/C23H22BrClN4O/c1-5-23(3,4)22-27-26-21(30-22)19-14(2)20(15-10-12-16(24)13-11-15)29(28-19)18-9-7-6-8-17(18)25/h6-13H,5H2,1-4H3. The monoisotopic (exact) mass is 484 g/mol. The van der Waals surface area contributed by atoms with Crippen molar-refractivity contribution in [3.63, 3.8) is 0 Å². The summed E-state index contributed by atoms with van der Waals surface area (Å²) in [5.74, 6) is 1.02. The predicted octanol–water partition coefficient (Wildman–Crippen LogP) is 7.00. The third-order valence-electron chi connectivity index (χ3n) is 5.41. The van der Waals surface area contributed by atoms with E-state index in [9.17, 15) is 0 Å². The van der Waals surface area contributed by atoms with E-state index in [-0.39, 0.29) is 5.41 Å². The van der Waals surface area contributed by atoms with Gasteiger partial charge in [0.2, 0.25) is 5.89 Å². The van der Waals surface area contributed by atoms with Crippen LogP contribution in [0.5, 0.6) is 0 Å². The molecule has 0 aliphatic carbocycles. The third kappa shape index (κ3) is 3.70. The normalized spacial score (nSPS) is 11.8. The quantitative estimate of drug-likeness (QED) is 0.305. The molecule has 0 amide bonds. The van der Waals surface area contributed by atoms with Crippen LogP contribution in [0.15, 0.2) is 57.4 Å². The van der Waals surface area contributed by atoms with Crippen molar-refractivity contribution in [2.24, 2.45) is 0 Å². The molecule has 2 aromatic carbocycles.